The minimum Gasteiger partial charge on any atom is -0.412 e. The SMILES string of the molecule is C[C](C)(C)[Sn]([C](C)(C)C)[C](C)(C)C.O. The van der Waals surface area contributed by atoms with Gasteiger partial charge in [0, 0.05) is 0 Å². The molecule has 0 spiro atoms. The molecular weight excluding hydrogens is 279 g/mol. The van der Waals surface area contributed by atoms with Gasteiger partial charge < -0.3 is 5.48 Å². The molecule has 0 fully saturated rings. The monoisotopic (exact) mass is 309 g/mol. The molecule has 0 bridgehead atoms. The van der Waals surface area contributed by atoms with E-state index in [9.17, 15) is 0 Å². The quantitative estimate of drug-likeness (QED) is 0.605. The zero-order valence-electron chi connectivity index (χ0n) is 11.5. The van der Waals surface area contributed by atoms with Crippen molar-refractivity contribution in [1.29, 1.82) is 0 Å². The molecule has 0 aliphatic heterocycles. The van der Waals surface area contributed by atoms with Crippen molar-refractivity contribution in [2.24, 2.45) is 0 Å². The van der Waals surface area contributed by atoms with Crippen LogP contribution in [0.25, 0.3) is 0 Å². The van der Waals surface area contributed by atoms with Crippen LogP contribution in [0.3, 0.4) is 0 Å². The van der Waals surface area contributed by atoms with E-state index in [1.54, 1.807) is 0 Å². The number of hydrogen-bond donors (Lipinski definition) is 0. The van der Waals surface area contributed by atoms with E-state index >= 15 is 0 Å². The topological polar surface area (TPSA) is 31.5 Å². The third-order valence-electron chi connectivity index (χ3n) is 2.25. The first-order chi connectivity index (χ1) is 5.37. The van der Waals surface area contributed by atoms with Crippen molar-refractivity contribution in [3.8, 4) is 0 Å². The number of hydrogen-bond acceptors (Lipinski definition) is 0. The van der Waals surface area contributed by atoms with Gasteiger partial charge in [-0.3, -0.25) is 0 Å². The van der Waals surface area contributed by atoms with Gasteiger partial charge in [0.2, 0.25) is 0 Å². The summed E-state index contributed by atoms with van der Waals surface area (Å²) in [4.78, 5) is 0. The second-order valence-corrected chi connectivity index (χ2v) is 22.1. The average Bonchev–Trinajstić information content (AvgIpc) is 1.44. The molecular formula is C12H29OSn. The fourth-order valence-electron chi connectivity index (χ4n) is 3.38. The molecule has 1 radical (unpaired) electrons. The Bertz CT molecular complexity index is 133. The summed E-state index contributed by atoms with van der Waals surface area (Å²) in [5, 5.41) is 0. The van der Waals surface area contributed by atoms with Crippen molar-refractivity contribution in [3.63, 3.8) is 0 Å². The van der Waals surface area contributed by atoms with Gasteiger partial charge in [0.15, 0.2) is 0 Å². The van der Waals surface area contributed by atoms with Gasteiger partial charge in [0.1, 0.15) is 0 Å². The molecule has 0 aliphatic carbocycles. The van der Waals surface area contributed by atoms with E-state index in [4.69, 9.17) is 0 Å². The summed E-state index contributed by atoms with van der Waals surface area (Å²) in [7, 11) is 0. The normalized spacial score (nSPS) is 14.1. The van der Waals surface area contributed by atoms with Crippen LogP contribution in [-0.4, -0.2) is 25.2 Å². The van der Waals surface area contributed by atoms with Gasteiger partial charge in [0.05, 0.1) is 0 Å². The zero-order valence-corrected chi connectivity index (χ0v) is 14.4. The minimum atomic E-state index is -1.43. The molecule has 0 unspecified atom stereocenters. The Hall–Kier alpha value is 0.759. The van der Waals surface area contributed by atoms with Crippen molar-refractivity contribution >= 4 is 19.8 Å². The van der Waals surface area contributed by atoms with Crippen LogP contribution in [0, 0.1) is 0 Å². The summed E-state index contributed by atoms with van der Waals surface area (Å²) >= 11 is -1.43. The molecule has 2 N–H and O–H groups in total. The maximum Gasteiger partial charge on any atom is -0.412 e. The Labute approximate surface area is 97.7 Å². The Morgan fingerprint density at radius 3 is 0.643 bits per heavy atom. The summed E-state index contributed by atoms with van der Waals surface area (Å²) in [5.41, 5.74) is 0. The van der Waals surface area contributed by atoms with Crippen LogP contribution >= 0.6 is 0 Å². The van der Waals surface area contributed by atoms with Crippen molar-refractivity contribution in [2.75, 3.05) is 0 Å². The van der Waals surface area contributed by atoms with Crippen molar-refractivity contribution < 1.29 is 5.48 Å². The van der Waals surface area contributed by atoms with Crippen molar-refractivity contribution in [1.82, 2.24) is 0 Å². The van der Waals surface area contributed by atoms with Crippen LogP contribution in [0.15, 0.2) is 0 Å². The Balaban J connectivity index is 0. The maximum absolute atomic E-state index is 2.44. The van der Waals surface area contributed by atoms with E-state index in [0.29, 0.717) is 10.3 Å². The largest absolute Gasteiger partial charge is 0.412 e. The van der Waals surface area contributed by atoms with E-state index in [1.807, 2.05) is 0 Å². The average molecular weight is 308 g/mol. The zero-order chi connectivity index (χ0) is 11.1. The van der Waals surface area contributed by atoms with E-state index in [1.165, 1.54) is 0 Å². The standard InChI is InChI=1S/3C4H9.H2O.Sn/c3*1-4(2)3;;/h3*1-3H3;1H2;. The van der Waals surface area contributed by atoms with Gasteiger partial charge in [-0.1, -0.05) is 0 Å². The van der Waals surface area contributed by atoms with E-state index < -0.39 is 19.8 Å². The fourth-order valence-corrected chi connectivity index (χ4v) is 22.6. The summed E-state index contributed by atoms with van der Waals surface area (Å²) < 4.78 is 1.75. The molecule has 0 aromatic rings. The summed E-state index contributed by atoms with van der Waals surface area (Å²) in [6.45, 7) is 22.0. The first-order valence-corrected chi connectivity index (χ1v) is 9.53. The Kier molecular flexibility index (Phi) is 5.80. The van der Waals surface area contributed by atoms with E-state index in [0.717, 1.165) is 0 Å². The summed E-state index contributed by atoms with van der Waals surface area (Å²) in [6, 6.07) is 0. The molecule has 0 aliphatic rings. The second kappa shape index (κ2) is 4.73. The maximum atomic E-state index is 2.44. The van der Waals surface area contributed by atoms with Crippen LogP contribution in [0.2, 0.25) is 10.3 Å². The molecule has 1 nitrogen and oxygen atoms in total. The Morgan fingerprint density at radius 2 is 0.643 bits per heavy atom. The molecule has 0 atom stereocenters. The van der Waals surface area contributed by atoms with Gasteiger partial charge in [0.25, 0.3) is 0 Å². The summed E-state index contributed by atoms with van der Waals surface area (Å²) in [5.74, 6) is 0. The van der Waals surface area contributed by atoms with Crippen LogP contribution in [-0.2, 0) is 0 Å². The van der Waals surface area contributed by atoms with Crippen molar-refractivity contribution in [2.45, 2.75) is 72.6 Å². The molecule has 0 aromatic carbocycles. The number of rotatable bonds is 0. The molecule has 0 saturated carbocycles. The van der Waals surface area contributed by atoms with Gasteiger partial charge >= 0.3 is 92.4 Å². The smallest absolute Gasteiger partial charge is 0.412 e. The molecule has 14 heavy (non-hydrogen) atoms. The predicted molar refractivity (Wildman–Crippen MR) is 68.5 cm³/mol. The first-order valence-electron chi connectivity index (χ1n) is 5.25. The van der Waals surface area contributed by atoms with Gasteiger partial charge in [-0.15, -0.1) is 0 Å². The van der Waals surface area contributed by atoms with Gasteiger partial charge in [-0.05, 0) is 0 Å². The van der Waals surface area contributed by atoms with Crippen LogP contribution in [0.5, 0.6) is 0 Å². The van der Waals surface area contributed by atoms with Gasteiger partial charge in [-0.2, -0.15) is 0 Å². The molecule has 0 heterocycles. The second-order valence-electron chi connectivity index (χ2n) is 7.12. The van der Waals surface area contributed by atoms with Gasteiger partial charge in [-0.25, -0.2) is 0 Å². The van der Waals surface area contributed by atoms with E-state index in [-0.39, 0.29) is 5.48 Å². The van der Waals surface area contributed by atoms with Crippen LogP contribution in [0.4, 0.5) is 0 Å². The minimum absolute atomic E-state index is 0. The third-order valence-corrected chi connectivity index (χ3v) is 15.1. The molecule has 0 aromatic heterocycles. The molecule has 0 saturated heterocycles. The fraction of sp³-hybridized carbons (Fsp3) is 1.00. The Morgan fingerprint density at radius 1 is 0.500 bits per heavy atom. The molecule has 0 amide bonds. The molecule has 87 valence electrons. The predicted octanol–water partition coefficient (Wildman–Crippen LogP) is 4.06. The molecule has 0 rings (SSSR count). The van der Waals surface area contributed by atoms with Crippen molar-refractivity contribution in [3.05, 3.63) is 0 Å². The molecule has 2 heteroatoms. The van der Waals surface area contributed by atoms with Crippen LogP contribution < -0.4 is 0 Å². The summed E-state index contributed by atoms with van der Waals surface area (Å²) in [6.07, 6.45) is 0. The first kappa shape index (κ1) is 17.2. The van der Waals surface area contributed by atoms with E-state index in [2.05, 4.69) is 62.3 Å². The van der Waals surface area contributed by atoms with Crippen LogP contribution in [0.1, 0.15) is 62.3 Å². The third kappa shape index (κ3) is 5.01.